The minimum atomic E-state index is -5.57. The minimum absolute atomic E-state index is 0.124. The standard InChI is InChI=1S/C36H49N3O13P2S2/c1-34(2)28-24-26(56(50,51)52)17-19-29(28)38(5)31(34)13-8-6-9-14-32-35(3,4)27-23-25(55(48)49)16-18-30(27)39(32)22-11-7-10-15-33(40)37-21-12-20-36(41,53(42,43)44)54(45,46)47/h6,8-9,13-14,16-19,23-24,41,55H,7,10-12,15,20-22H2,1-5H3,(H5-,37,40,42,43,44,45,46,47,50,51,52)/p+1. The van der Waals surface area contributed by atoms with Crippen molar-refractivity contribution in [2.45, 2.75) is 91.9 Å². The number of thiol groups is 1. The van der Waals surface area contributed by atoms with Gasteiger partial charge in [-0.1, -0.05) is 32.1 Å². The van der Waals surface area contributed by atoms with Crippen LogP contribution in [0.4, 0.5) is 11.4 Å². The molecule has 308 valence electrons. The number of amides is 1. The monoisotopic (exact) mass is 858 g/mol. The Morgan fingerprint density at radius 1 is 0.911 bits per heavy atom. The van der Waals surface area contributed by atoms with Crippen LogP contribution in [0.1, 0.15) is 77.3 Å². The van der Waals surface area contributed by atoms with E-state index < -0.39 is 58.3 Å². The molecular weight excluding hydrogens is 808 g/mol. The second-order valence-electron chi connectivity index (χ2n) is 14.9. The third-order valence-corrected chi connectivity index (χ3v) is 15.8. The predicted octanol–water partition coefficient (Wildman–Crippen LogP) is 4.16. The normalized spacial score (nSPS) is 17.8. The summed E-state index contributed by atoms with van der Waals surface area (Å²) >= 11 is 0. The predicted molar refractivity (Wildman–Crippen MR) is 212 cm³/mol. The number of aliphatic hydroxyl groups is 1. The molecule has 0 bridgehead atoms. The summed E-state index contributed by atoms with van der Waals surface area (Å²) in [4.78, 5) is 51.4. The van der Waals surface area contributed by atoms with Gasteiger partial charge < -0.3 is 34.9 Å². The van der Waals surface area contributed by atoms with Gasteiger partial charge in [-0.15, -0.1) is 0 Å². The van der Waals surface area contributed by atoms with E-state index in [9.17, 15) is 60.0 Å². The molecule has 20 heteroatoms. The second-order valence-corrected chi connectivity index (χ2v) is 21.3. The van der Waals surface area contributed by atoms with Crippen LogP contribution in [0.25, 0.3) is 0 Å². The highest BCUT2D eigenvalue weighted by atomic mass is 32.2. The summed E-state index contributed by atoms with van der Waals surface area (Å²) in [7, 11) is -16.4. The number of carbonyl (C=O) groups is 1. The molecule has 2 heterocycles. The Balaban J connectivity index is 1.44. The van der Waals surface area contributed by atoms with E-state index in [0.29, 0.717) is 25.8 Å². The number of nitrogens with zero attached hydrogens (tertiary/aromatic N) is 2. The Labute approximate surface area is 328 Å². The highest BCUT2D eigenvalue weighted by Crippen LogP contribution is 2.69. The van der Waals surface area contributed by atoms with Gasteiger partial charge in [0, 0.05) is 67.4 Å². The number of carbonyl (C=O) groups excluding carboxylic acids is 1. The van der Waals surface area contributed by atoms with Crippen molar-refractivity contribution in [1.82, 2.24) is 5.32 Å². The zero-order valence-corrected chi connectivity index (χ0v) is 35.2. The SMILES string of the molecule is CN1/C(=C/C=C/C=C/C2=[N+](CCCCCC(=O)NCCCC(O)(P(=O)(O)O)P(=O)(O)O)c3ccc([SH](=O)=O)cc3C2(C)C)C(C)(C)c2cc(S(=O)(=O)O)ccc21. The molecule has 0 saturated heterocycles. The Kier molecular flexibility index (Phi) is 13.7. The number of likely N-dealkylation sites (N-methyl/N-ethyl adjacent to an activating group) is 1. The quantitative estimate of drug-likeness (QED) is 0.0278. The lowest BCUT2D eigenvalue weighted by molar-refractivity contribution is -0.438. The molecule has 1 amide bonds. The fourth-order valence-corrected chi connectivity index (χ4v) is 10.4. The summed E-state index contributed by atoms with van der Waals surface area (Å²) in [5.74, 6) is -0.372. The first-order chi connectivity index (χ1) is 25.7. The molecule has 56 heavy (non-hydrogen) atoms. The first kappa shape index (κ1) is 45.4. The van der Waals surface area contributed by atoms with E-state index in [1.165, 1.54) is 12.1 Å². The number of anilines is 1. The van der Waals surface area contributed by atoms with Crippen LogP contribution in [0.2, 0.25) is 0 Å². The summed E-state index contributed by atoms with van der Waals surface area (Å²) in [6, 6.07) is 9.56. The maximum Gasteiger partial charge on any atom is 0.369 e. The molecular formula is C36H50N3O13P2S2+. The van der Waals surface area contributed by atoms with Crippen LogP contribution in [-0.2, 0) is 45.6 Å². The first-order valence-electron chi connectivity index (χ1n) is 17.7. The molecule has 0 radical (unpaired) electrons. The van der Waals surface area contributed by atoms with Gasteiger partial charge in [0.15, 0.2) is 16.4 Å². The van der Waals surface area contributed by atoms with Gasteiger partial charge in [0.1, 0.15) is 6.54 Å². The van der Waals surface area contributed by atoms with Gasteiger partial charge in [0.05, 0.1) is 15.2 Å². The van der Waals surface area contributed by atoms with Crippen molar-refractivity contribution >= 4 is 59.0 Å². The first-order valence-corrected chi connectivity index (χ1v) is 23.5. The Bertz CT molecular complexity index is 2250. The number of hydrogen-bond donors (Lipinski definition) is 8. The summed E-state index contributed by atoms with van der Waals surface area (Å²) in [6.45, 7) is 8.36. The van der Waals surface area contributed by atoms with Crippen molar-refractivity contribution in [3.63, 3.8) is 0 Å². The second kappa shape index (κ2) is 16.9. The number of benzene rings is 2. The minimum Gasteiger partial charge on any atom is -0.368 e. The molecule has 0 saturated carbocycles. The molecule has 0 aliphatic carbocycles. The smallest absolute Gasteiger partial charge is 0.368 e. The van der Waals surface area contributed by atoms with Gasteiger partial charge in [0.2, 0.25) is 11.6 Å². The maximum atomic E-state index is 12.4. The number of hydrogen-bond acceptors (Lipinski definition) is 9. The molecule has 0 aromatic heterocycles. The summed E-state index contributed by atoms with van der Waals surface area (Å²) in [5.41, 5.74) is 4.01. The van der Waals surface area contributed by atoms with Crippen molar-refractivity contribution in [3.05, 3.63) is 83.6 Å². The van der Waals surface area contributed by atoms with Crippen molar-refractivity contribution in [1.29, 1.82) is 0 Å². The fraction of sp³-hybridized carbons (Fsp3) is 0.444. The van der Waals surface area contributed by atoms with Crippen molar-refractivity contribution in [2.24, 2.45) is 0 Å². The highest BCUT2D eigenvalue weighted by molar-refractivity contribution is 7.85. The average Bonchev–Trinajstić information content (AvgIpc) is 3.41. The zero-order valence-electron chi connectivity index (χ0n) is 31.7. The highest BCUT2D eigenvalue weighted by Gasteiger charge is 2.58. The largest absolute Gasteiger partial charge is 0.369 e. The molecule has 0 atom stereocenters. The molecule has 7 N–H and O–H groups in total. The van der Waals surface area contributed by atoms with Gasteiger partial charge in [0.25, 0.3) is 15.2 Å². The van der Waals surface area contributed by atoms with E-state index in [4.69, 9.17) is 0 Å². The van der Waals surface area contributed by atoms with E-state index >= 15 is 0 Å². The number of fused-ring (bicyclic) bond motifs is 2. The molecule has 2 aliphatic rings. The van der Waals surface area contributed by atoms with Crippen LogP contribution in [-0.4, -0.2) is 87.5 Å². The van der Waals surface area contributed by atoms with E-state index in [1.54, 1.807) is 24.3 Å². The number of nitrogens with one attached hydrogen (secondary N) is 1. The number of unbranched alkanes of at least 4 members (excludes halogenated alkanes) is 2. The van der Waals surface area contributed by atoms with Gasteiger partial charge in [-0.3, -0.25) is 18.5 Å². The van der Waals surface area contributed by atoms with Crippen LogP contribution in [0.5, 0.6) is 0 Å². The lowest BCUT2D eigenvalue weighted by atomic mass is 9.81. The molecule has 0 spiro atoms. The molecule has 2 aromatic rings. The van der Waals surface area contributed by atoms with Gasteiger partial charge in [-0.2, -0.15) is 13.0 Å². The third kappa shape index (κ3) is 9.53. The van der Waals surface area contributed by atoms with Crippen LogP contribution in [0.3, 0.4) is 0 Å². The lowest BCUT2D eigenvalue weighted by Gasteiger charge is -2.29. The van der Waals surface area contributed by atoms with E-state index in [0.717, 1.165) is 33.9 Å². The molecule has 0 unspecified atom stereocenters. The fourth-order valence-electron chi connectivity index (χ4n) is 7.19. The van der Waals surface area contributed by atoms with Gasteiger partial charge in [-0.05, 0) is 75.1 Å². The van der Waals surface area contributed by atoms with Crippen LogP contribution < -0.4 is 10.2 Å². The van der Waals surface area contributed by atoms with Crippen molar-refractivity contribution in [2.75, 3.05) is 25.0 Å². The topological polar surface area (TPSA) is 259 Å². The third-order valence-electron chi connectivity index (χ3n) is 10.3. The lowest BCUT2D eigenvalue weighted by Crippen LogP contribution is -2.31. The van der Waals surface area contributed by atoms with E-state index in [-0.39, 0.29) is 35.1 Å². The average molecular weight is 859 g/mol. The molecule has 2 aromatic carbocycles. The summed E-state index contributed by atoms with van der Waals surface area (Å²) < 4.78 is 82.1. The molecule has 0 fully saturated rings. The molecule has 2 aliphatic heterocycles. The van der Waals surface area contributed by atoms with Crippen molar-refractivity contribution in [3.8, 4) is 0 Å². The van der Waals surface area contributed by atoms with Crippen LogP contribution in [0, 0.1) is 0 Å². The summed E-state index contributed by atoms with van der Waals surface area (Å²) in [6.07, 6.45) is 10.3. The van der Waals surface area contributed by atoms with Gasteiger partial charge in [-0.25, -0.2) is 8.42 Å². The Morgan fingerprint density at radius 3 is 2.18 bits per heavy atom. The Morgan fingerprint density at radius 2 is 1.57 bits per heavy atom. The van der Waals surface area contributed by atoms with Crippen LogP contribution in [0.15, 0.2) is 82.3 Å². The Hall–Kier alpha value is -3.28. The summed E-state index contributed by atoms with van der Waals surface area (Å²) in [5, 5.41) is 8.98. The van der Waals surface area contributed by atoms with Crippen LogP contribution >= 0.6 is 15.2 Å². The zero-order chi connectivity index (χ0) is 42.1. The number of allylic oxidation sites excluding steroid dienone is 6. The van der Waals surface area contributed by atoms with E-state index in [1.807, 2.05) is 70.0 Å². The maximum absolute atomic E-state index is 12.4. The number of rotatable bonds is 17. The van der Waals surface area contributed by atoms with Gasteiger partial charge >= 0.3 is 15.2 Å². The molecule has 4 rings (SSSR count). The van der Waals surface area contributed by atoms with E-state index in [2.05, 4.69) is 9.89 Å². The molecule has 16 nitrogen and oxygen atoms in total. The van der Waals surface area contributed by atoms with Crippen molar-refractivity contribution < 1.29 is 64.6 Å².